The first kappa shape index (κ1) is 15.4. The third kappa shape index (κ3) is 3.56. The first-order valence-corrected chi connectivity index (χ1v) is 8.70. The van der Waals surface area contributed by atoms with E-state index in [1.165, 1.54) is 0 Å². The van der Waals surface area contributed by atoms with E-state index in [0.717, 1.165) is 24.8 Å². The van der Waals surface area contributed by atoms with E-state index in [2.05, 4.69) is 4.98 Å². The van der Waals surface area contributed by atoms with E-state index < -0.39 is 10.0 Å². The summed E-state index contributed by atoms with van der Waals surface area (Å²) in [4.78, 5) is 3.94. The molecular formula is C14H23N3O2S. The van der Waals surface area contributed by atoms with Gasteiger partial charge in [-0.3, -0.25) is 4.98 Å². The van der Waals surface area contributed by atoms with E-state index in [0.29, 0.717) is 18.9 Å². The van der Waals surface area contributed by atoms with Crippen LogP contribution in [0.4, 0.5) is 0 Å². The third-order valence-electron chi connectivity index (χ3n) is 4.23. The first-order valence-electron chi connectivity index (χ1n) is 7.09. The molecule has 20 heavy (non-hydrogen) atoms. The molecule has 0 aliphatic heterocycles. The molecule has 0 saturated heterocycles. The van der Waals surface area contributed by atoms with Gasteiger partial charge < -0.3 is 5.73 Å². The van der Waals surface area contributed by atoms with E-state index >= 15 is 0 Å². The molecule has 0 spiro atoms. The molecule has 1 saturated carbocycles. The highest BCUT2D eigenvalue weighted by Crippen LogP contribution is 2.30. The molecule has 2 rings (SSSR count). The lowest BCUT2D eigenvalue weighted by Crippen LogP contribution is -2.42. The highest BCUT2D eigenvalue weighted by molar-refractivity contribution is 7.89. The third-order valence-corrected chi connectivity index (χ3v) is 6.09. The number of nitrogens with two attached hydrogens (primary N) is 1. The minimum atomic E-state index is -3.23. The largest absolute Gasteiger partial charge is 0.330 e. The summed E-state index contributed by atoms with van der Waals surface area (Å²) in [6, 6.07) is 3.78. The number of aromatic nitrogens is 1. The molecule has 1 aliphatic rings. The Hall–Kier alpha value is -0.980. The Morgan fingerprint density at radius 3 is 2.70 bits per heavy atom. The van der Waals surface area contributed by atoms with Crippen molar-refractivity contribution in [3.8, 4) is 0 Å². The van der Waals surface area contributed by atoms with E-state index in [1.54, 1.807) is 23.7 Å². The summed E-state index contributed by atoms with van der Waals surface area (Å²) >= 11 is 0. The minimum absolute atomic E-state index is 0.0717. The van der Waals surface area contributed by atoms with Crippen molar-refractivity contribution in [1.82, 2.24) is 9.29 Å². The molecule has 0 aromatic carbocycles. The number of rotatable bonds is 6. The zero-order chi connectivity index (χ0) is 14.6. The van der Waals surface area contributed by atoms with Crippen LogP contribution in [-0.4, -0.2) is 43.1 Å². The average Bonchev–Trinajstić information content (AvgIpc) is 2.93. The van der Waals surface area contributed by atoms with E-state index in [4.69, 9.17) is 5.73 Å². The molecule has 0 bridgehead atoms. The maximum absolute atomic E-state index is 12.4. The molecule has 0 amide bonds. The lowest BCUT2D eigenvalue weighted by molar-refractivity contribution is 0.304. The van der Waals surface area contributed by atoms with E-state index in [1.807, 2.05) is 12.1 Å². The topological polar surface area (TPSA) is 76.3 Å². The summed E-state index contributed by atoms with van der Waals surface area (Å²) in [6.45, 7) is 0.564. The van der Waals surface area contributed by atoms with Crippen molar-refractivity contribution in [3.05, 3.63) is 30.1 Å². The molecule has 1 fully saturated rings. The number of sulfonamides is 1. The Labute approximate surface area is 121 Å². The Morgan fingerprint density at radius 2 is 2.05 bits per heavy atom. The molecular weight excluding hydrogens is 274 g/mol. The summed E-state index contributed by atoms with van der Waals surface area (Å²) in [7, 11) is -1.53. The summed E-state index contributed by atoms with van der Waals surface area (Å²) in [6.07, 6.45) is 6.92. The Balaban J connectivity index is 1.99. The predicted octanol–water partition coefficient (Wildman–Crippen LogP) is 1.01. The summed E-state index contributed by atoms with van der Waals surface area (Å²) in [5.41, 5.74) is 6.74. The number of nitrogens with zero attached hydrogens (tertiary/aromatic N) is 2. The molecule has 112 valence electrons. The van der Waals surface area contributed by atoms with Crippen molar-refractivity contribution in [1.29, 1.82) is 0 Å². The van der Waals surface area contributed by atoms with Gasteiger partial charge in [0.2, 0.25) is 10.0 Å². The van der Waals surface area contributed by atoms with Crippen molar-refractivity contribution in [2.45, 2.75) is 31.7 Å². The van der Waals surface area contributed by atoms with Gasteiger partial charge in [0.25, 0.3) is 0 Å². The number of hydrogen-bond acceptors (Lipinski definition) is 4. The van der Waals surface area contributed by atoms with Gasteiger partial charge in [0, 0.05) is 25.5 Å². The molecule has 6 heteroatoms. The molecule has 1 aliphatic carbocycles. The standard InChI is InChI=1S/C14H23N3O2S/c1-17(14-4-2-3-13(14)11-15)20(18,19)10-7-12-5-8-16-9-6-12/h5-6,8-9,13-14H,2-4,7,10-11,15H2,1H3. The van der Waals surface area contributed by atoms with Crippen LogP contribution in [0.25, 0.3) is 0 Å². The normalized spacial score (nSPS) is 23.4. The van der Waals surface area contributed by atoms with Crippen LogP contribution in [0, 0.1) is 5.92 Å². The molecule has 2 N–H and O–H groups in total. The van der Waals surface area contributed by atoms with Crippen LogP contribution in [0.3, 0.4) is 0 Å². The van der Waals surface area contributed by atoms with Crippen molar-refractivity contribution in [2.75, 3.05) is 19.3 Å². The second kappa shape index (κ2) is 6.65. The van der Waals surface area contributed by atoms with Gasteiger partial charge in [0.1, 0.15) is 0 Å². The van der Waals surface area contributed by atoms with Crippen LogP contribution in [0.1, 0.15) is 24.8 Å². The van der Waals surface area contributed by atoms with Gasteiger partial charge in [0.15, 0.2) is 0 Å². The smallest absolute Gasteiger partial charge is 0.214 e. The SMILES string of the molecule is CN(C1CCCC1CN)S(=O)(=O)CCc1ccncc1. The highest BCUT2D eigenvalue weighted by atomic mass is 32.2. The second-order valence-electron chi connectivity index (χ2n) is 5.43. The Morgan fingerprint density at radius 1 is 1.35 bits per heavy atom. The van der Waals surface area contributed by atoms with Crippen LogP contribution in [0.5, 0.6) is 0 Å². The van der Waals surface area contributed by atoms with Crippen molar-refractivity contribution < 1.29 is 8.42 Å². The van der Waals surface area contributed by atoms with Crippen LogP contribution in [0.2, 0.25) is 0 Å². The zero-order valence-electron chi connectivity index (χ0n) is 11.9. The maximum atomic E-state index is 12.4. The van der Waals surface area contributed by atoms with Gasteiger partial charge in [-0.05, 0) is 49.4 Å². The van der Waals surface area contributed by atoms with Gasteiger partial charge in [-0.2, -0.15) is 0 Å². The van der Waals surface area contributed by atoms with Gasteiger partial charge in [-0.1, -0.05) is 6.42 Å². The monoisotopic (exact) mass is 297 g/mol. The first-order chi connectivity index (χ1) is 9.54. The number of hydrogen-bond donors (Lipinski definition) is 1. The molecule has 1 aromatic rings. The molecule has 5 nitrogen and oxygen atoms in total. The fraction of sp³-hybridized carbons (Fsp3) is 0.643. The van der Waals surface area contributed by atoms with E-state index in [9.17, 15) is 8.42 Å². The molecule has 2 atom stereocenters. The molecule has 1 heterocycles. The average molecular weight is 297 g/mol. The summed E-state index contributed by atoms with van der Waals surface area (Å²) < 4.78 is 26.4. The van der Waals surface area contributed by atoms with Gasteiger partial charge in [-0.25, -0.2) is 12.7 Å². The van der Waals surface area contributed by atoms with Crippen molar-refractivity contribution in [3.63, 3.8) is 0 Å². The molecule has 0 radical (unpaired) electrons. The number of pyridine rings is 1. The lowest BCUT2D eigenvalue weighted by atomic mass is 10.0. The van der Waals surface area contributed by atoms with Crippen LogP contribution >= 0.6 is 0 Å². The quantitative estimate of drug-likeness (QED) is 0.850. The van der Waals surface area contributed by atoms with Gasteiger partial charge >= 0.3 is 0 Å². The fourth-order valence-corrected chi connectivity index (χ4v) is 4.39. The predicted molar refractivity (Wildman–Crippen MR) is 79.7 cm³/mol. The van der Waals surface area contributed by atoms with Gasteiger partial charge in [0.05, 0.1) is 5.75 Å². The Kier molecular flexibility index (Phi) is 5.12. The summed E-state index contributed by atoms with van der Waals surface area (Å²) in [5.74, 6) is 0.442. The number of aryl methyl sites for hydroxylation is 1. The second-order valence-corrected chi connectivity index (χ2v) is 7.58. The summed E-state index contributed by atoms with van der Waals surface area (Å²) in [5, 5.41) is 0. The highest BCUT2D eigenvalue weighted by Gasteiger charge is 2.34. The molecule has 2 unspecified atom stereocenters. The minimum Gasteiger partial charge on any atom is -0.330 e. The maximum Gasteiger partial charge on any atom is 0.214 e. The van der Waals surface area contributed by atoms with Crippen LogP contribution < -0.4 is 5.73 Å². The van der Waals surface area contributed by atoms with Crippen molar-refractivity contribution in [2.24, 2.45) is 11.7 Å². The van der Waals surface area contributed by atoms with E-state index in [-0.39, 0.29) is 11.8 Å². The fourth-order valence-electron chi connectivity index (χ4n) is 2.92. The zero-order valence-corrected chi connectivity index (χ0v) is 12.7. The van der Waals surface area contributed by atoms with Crippen LogP contribution in [-0.2, 0) is 16.4 Å². The molecule has 1 aromatic heterocycles. The van der Waals surface area contributed by atoms with Gasteiger partial charge in [-0.15, -0.1) is 0 Å². The lowest BCUT2D eigenvalue weighted by Gasteiger charge is -2.28. The van der Waals surface area contributed by atoms with Crippen LogP contribution in [0.15, 0.2) is 24.5 Å². The Bertz CT molecular complexity index is 518. The van der Waals surface area contributed by atoms with Crippen molar-refractivity contribution >= 4 is 10.0 Å².